The maximum Gasteiger partial charge on any atom is 0.126 e. The fraction of sp³-hybridized carbons (Fsp3) is 0.455. The van der Waals surface area contributed by atoms with Gasteiger partial charge >= 0.3 is 0 Å². The molecule has 1 saturated carbocycles. The van der Waals surface area contributed by atoms with Crippen molar-refractivity contribution in [1.82, 2.24) is 0 Å². The Kier molecular flexibility index (Phi) is 2.68. The Morgan fingerprint density at radius 2 is 2.29 bits per heavy atom. The van der Waals surface area contributed by atoms with Crippen LogP contribution in [-0.4, -0.2) is 12.6 Å². The molecule has 2 nitrogen and oxygen atoms in total. The van der Waals surface area contributed by atoms with Gasteiger partial charge in [0.2, 0.25) is 0 Å². The molecule has 0 aliphatic heterocycles. The van der Waals surface area contributed by atoms with Crippen LogP contribution >= 0.6 is 0 Å². The van der Waals surface area contributed by atoms with E-state index < -0.39 is 0 Å². The number of ether oxygens (including phenoxy) is 1. The van der Waals surface area contributed by atoms with Gasteiger partial charge in [0.1, 0.15) is 11.6 Å². The van der Waals surface area contributed by atoms with Crippen LogP contribution in [0.15, 0.2) is 24.3 Å². The molecule has 1 aliphatic rings. The Morgan fingerprint density at radius 1 is 1.50 bits per heavy atom. The smallest absolute Gasteiger partial charge is 0.126 e. The van der Waals surface area contributed by atoms with Gasteiger partial charge in [-0.15, -0.1) is 0 Å². The fourth-order valence-corrected chi connectivity index (χ4v) is 1.49. The summed E-state index contributed by atoms with van der Waals surface area (Å²) >= 11 is 0. The van der Waals surface area contributed by atoms with Crippen LogP contribution in [0.4, 0.5) is 4.39 Å². The van der Waals surface area contributed by atoms with Gasteiger partial charge in [0.05, 0.1) is 6.61 Å². The number of hydrogen-bond acceptors (Lipinski definition) is 2. The van der Waals surface area contributed by atoms with Crippen molar-refractivity contribution < 1.29 is 9.13 Å². The Bertz CT molecular complexity index is 316. The molecule has 2 atom stereocenters. The molecule has 2 unspecified atom stereocenters. The second-order valence-corrected chi connectivity index (χ2v) is 3.75. The minimum Gasteiger partial charge on any atom is -0.493 e. The van der Waals surface area contributed by atoms with Crippen molar-refractivity contribution in [2.45, 2.75) is 18.9 Å². The van der Waals surface area contributed by atoms with Crippen molar-refractivity contribution in [2.75, 3.05) is 6.61 Å². The average molecular weight is 195 g/mol. The van der Waals surface area contributed by atoms with Gasteiger partial charge < -0.3 is 10.5 Å². The highest BCUT2D eigenvalue weighted by Gasteiger charge is 2.32. The average Bonchev–Trinajstić information content (AvgIpc) is 2.82. The van der Waals surface area contributed by atoms with E-state index in [0.29, 0.717) is 24.3 Å². The summed E-state index contributed by atoms with van der Waals surface area (Å²) in [6.45, 7) is 0.627. The van der Waals surface area contributed by atoms with Crippen LogP contribution in [0.1, 0.15) is 12.8 Å². The van der Waals surface area contributed by atoms with E-state index in [-0.39, 0.29) is 5.82 Å². The molecule has 0 bridgehead atoms. The van der Waals surface area contributed by atoms with Crippen molar-refractivity contribution in [3.05, 3.63) is 30.1 Å². The normalized spacial score (nSPS) is 24.7. The van der Waals surface area contributed by atoms with Gasteiger partial charge in [-0.05, 0) is 30.9 Å². The van der Waals surface area contributed by atoms with Crippen LogP contribution < -0.4 is 10.5 Å². The predicted molar refractivity (Wildman–Crippen MR) is 52.6 cm³/mol. The highest BCUT2D eigenvalue weighted by Crippen LogP contribution is 2.31. The number of hydrogen-bond donors (Lipinski definition) is 1. The molecule has 1 aliphatic carbocycles. The molecule has 1 aromatic rings. The standard InChI is InChI=1S/C11H14FNO/c12-9-2-1-3-10(7-9)14-5-4-8-6-11(8)13/h1-3,7-8,11H,4-6,13H2. The van der Waals surface area contributed by atoms with Gasteiger partial charge in [0, 0.05) is 12.1 Å². The quantitative estimate of drug-likeness (QED) is 0.796. The summed E-state index contributed by atoms with van der Waals surface area (Å²) in [5, 5.41) is 0. The first-order valence-corrected chi connectivity index (χ1v) is 4.89. The molecule has 0 amide bonds. The lowest BCUT2D eigenvalue weighted by Crippen LogP contribution is -2.05. The van der Waals surface area contributed by atoms with Gasteiger partial charge in [-0.2, -0.15) is 0 Å². The van der Waals surface area contributed by atoms with E-state index in [2.05, 4.69) is 0 Å². The molecule has 1 aromatic carbocycles. The minimum absolute atomic E-state index is 0.259. The summed E-state index contributed by atoms with van der Waals surface area (Å²) in [7, 11) is 0. The summed E-state index contributed by atoms with van der Waals surface area (Å²) in [6, 6.07) is 6.58. The van der Waals surface area contributed by atoms with E-state index >= 15 is 0 Å². The molecule has 0 heterocycles. The van der Waals surface area contributed by atoms with E-state index in [1.54, 1.807) is 12.1 Å². The second-order valence-electron chi connectivity index (χ2n) is 3.75. The van der Waals surface area contributed by atoms with Crippen LogP contribution in [0, 0.1) is 11.7 Å². The lowest BCUT2D eigenvalue weighted by Gasteiger charge is -2.04. The van der Waals surface area contributed by atoms with Crippen LogP contribution in [0.2, 0.25) is 0 Å². The molecule has 0 spiro atoms. The lowest BCUT2D eigenvalue weighted by molar-refractivity contribution is 0.300. The van der Waals surface area contributed by atoms with Crippen molar-refractivity contribution in [3.8, 4) is 5.75 Å². The summed E-state index contributed by atoms with van der Waals surface area (Å²) in [5.74, 6) is 0.952. The van der Waals surface area contributed by atoms with E-state index in [9.17, 15) is 4.39 Å². The molecule has 14 heavy (non-hydrogen) atoms. The Hall–Kier alpha value is -1.09. The lowest BCUT2D eigenvalue weighted by atomic mass is 10.3. The van der Waals surface area contributed by atoms with Gasteiger partial charge in [-0.3, -0.25) is 0 Å². The Morgan fingerprint density at radius 3 is 2.93 bits per heavy atom. The molecule has 0 aromatic heterocycles. The third-order valence-corrected chi connectivity index (χ3v) is 2.53. The maximum absolute atomic E-state index is 12.7. The SMILES string of the molecule is NC1CC1CCOc1cccc(F)c1. The van der Waals surface area contributed by atoms with Crippen molar-refractivity contribution in [3.63, 3.8) is 0 Å². The maximum atomic E-state index is 12.7. The highest BCUT2D eigenvalue weighted by molar-refractivity contribution is 5.22. The van der Waals surface area contributed by atoms with Gasteiger partial charge in [-0.1, -0.05) is 6.07 Å². The fourth-order valence-electron chi connectivity index (χ4n) is 1.49. The molecule has 1 fully saturated rings. The Labute approximate surface area is 82.9 Å². The largest absolute Gasteiger partial charge is 0.493 e. The zero-order valence-corrected chi connectivity index (χ0v) is 7.95. The van der Waals surface area contributed by atoms with E-state index in [1.165, 1.54) is 12.1 Å². The van der Waals surface area contributed by atoms with Crippen LogP contribution in [0.25, 0.3) is 0 Å². The molecule has 2 rings (SSSR count). The highest BCUT2D eigenvalue weighted by atomic mass is 19.1. The van der Waals surface area contributed by atoms with E-state index in [1.807, 2.05) is 0 Å². The molecule has 0 saturated heterocycles. The number of nitrogens with two attached hydrogens (primary N) is 1. The first kappa shape index (κ1) is 9.46. The van der Waals surface area contributed by atoms with Crippen LogP contribution in [0.5, 0.6) is 5.75 Å². The molecular formula is C11H14FNO. The van der Waals surface area contributed by atoms with Crippen LogP contribution in [-0.2, 0) is 0 Å². The number of halogens is 1. The van der Waals surface area contributed by atoms with Gasteiger partial charge in [0.25, 0.3) is 0 Å². The third kappa shape index (κ3) is 2.45. The van der Waals surface area contributed by atoms with Gasteiger partial charge in [-0.25, -0.2) is 4.39 Å². The van der Waals surface area contributed by atoms with Crippen molar-refractivity contribution in [1.29, 1.82) is 0 Å². The summed E-state index contributed by atoms with van der Waals surface area (Å²) in [6.07, 6.45) is 2.07. The van der Waals surface area contributed by atoms with Crippen molar-refractivity contribution in [2.24, 2.45) is 11.7 Å². The first-order chi connectivity index (χ1) is 6.75. The monoisotopic (exact) mass is 195 g/mol. The van der Waals surface area contributed by atoms with Crippen LogP contribution in [0.3, 0.4) is 0 Å². The van der Waals surface area contributed by atoms with E-state index in [4.69, 9.17) is 10.5 Å². The number of rotatable bonds is 4. The van der Waals surface area contributed by atoms with Gasteiger partial charge in [0.15, 0.2) is 0 Å². The van der Waals surface area contributed by atoms with Crippen molar-refractivity contribution >= 4 is 0 Å². The predicted octanol–water partition coefficient (Wildman–Crippen LogP) is 1.94. The Balaban J connectivity index is 1.74. The molecule has 3 heteroatoms. The molecule has 76 valence electrons. The zero-order chi connectivity index (χ0) is 9.97. The summed E-state index contributed by atoms with van der Waals surface area (Å²) < 4.78 is 18.1. The number of benzene rings is 1. The summed E-state index contributed by atoms with van der Waals surface area (Å²) in [4.78, 5) is 0. The summed E-state index contributed by atoms with van der Waals surface area (Å²) in [5.41, 5.74) is 5.65. The molecular weight excluding hydrogens is 181 g/mol. The molecule has 2 N–H and O–H groups in total. The topological polar surface area (TPSA) is 35.2 Å². The second kappa shape index (κ2) is 3.96. The first-order valence-electron chi connectivity index (χ1n) is 4.89. The minimum atomic E-state index is -0.259. The molecule has 0 radical (unpaired) electrons. The van der Waals surface area contributed by atoms with E-state index in [0.717, 1.165) is 12.8 Å². The zero-order valence-electron chi connectivity index (χ0n) is 7.95. The third-order valence-electron chi connectivity index (χ3n) is 2.53.